The predicted molar refractivity (Wildman–Crippen MR) is 170 cm³/mol. The van der Waals surface area contributed by atoms with E-state index in [1.165, 1.54) is 19.2 Å². The van der Waals surface area contributed by atoms with Crippen molar-refractivity contribution in [3.63, 3.8) is 0 Å². The highest BCUT2D eigenvalue weighted by Crippen LogP contribution is 2.64. The third-order valence-corrected chi connectivity index (χ3v) is 10.8. The maximum absolute atomic E-state index is 15.1. The summed E-state index contributed by atoms with van der Waals surface area (Å²) in [6, 6.07) is 9.83. The van der Waals surface area contributed by atoms with Gasteiger partial charge in [0.2, 0.25) is 11.8 Å². The van der Waals surface area contributed by atoms with Gasteiger partial charge in [0.15, 0.2) is 17.3 Å². The van der Waals surface area contributed by atoms with Crippen LogP contribution in [-0.4, -0.2) is 45.8 Å². The number of pyridine rings is 1. The van der Waals surface area contributed by atoms with Gasteiger partial charge in [-0.05, 0) is 60.2 Å². The number of amides is 4. The van der Waals surface area contributed by atoms with E-state index in [2.05, 4.69) is 15.7 Å². The molecule has 0 radical (unpaired) electrons. The second-order valence-corrected chi connectivity index (χ2v) is 13.6. The number of carbonyl (C=O) groups excluding carboxylic acids is 4. The minimum absolute atomic E-state index is 0.0250. The smallest absolute Gasteiger partial charge is 0.417 e. The Morgan fingerprint density at radius 3 is 2.39 bits per heavy atom. The normalized spacial score (nSPS) is 27.7. The number of alkyl halides is 3. The summed E-state index contributed by atoms with van der Waals surface area (Å²) in [4.78, 5) is 59.5. The van der Waals surface area contributed by atoms with Gasteiger partial charge in [0, 0.05) is 17.1 Å². The van der Waals surface area contributed by atoms with Gasteiger partial charge in [-0.3, -0.25) is 29.9 Å². The average Bonchev–Trinajstić information content (AvgIpc) is 3.46. The second-order valence-electron chi connectivity index (χ2n) is 12.3. The van der Waals surface area contributed by atoms with E-state index in [9.17, 15) is 32.7 Å². The molecule has 1 saturated carbocycles. The maximum atomic E-state index is 15.1. The first-order chi connectivity index (χ1) is 23.2. The van der Waals surface area contributed by atoms with Crippen molar-refractivity contribution in [3.8, 4) is 11.5 Å². The molecule has 3 heterocycles. The van der Waals surface area contributed by atoms with E-state index in [4.69, 9.17) is 39.5 Å². The number of methoxy groups -OCH3 is 1. The number of hydrogen-bond acceptors (Lipinski definition) is 8. The summed E-state index contributed by atoms with van der Waals surface area (Å²) in [5.74, 6) is -7.75. The molecule has 6 unspecified atom stereocenters. The highest BCUT2D eigenvalue weighted by molar-refractivity contribution is 6.33. The van der Waals surface area contributed by atoms with Gasteiger partial charge in [-0.15, -0.1) is 0 Å². The Morgan fingerprint density at radius 1 is 1.02 bits per heavy atom. The predicted octanol–water partition coefficient (Wildman–Crippen LogP) is 6.05. The molecule has 3 N–H and O–H groups in total. The molecule has 16 heteroatoms. The molecule has 2 aliphatic heterocycles. The molecule has 2 saturated heterocycles. The summed E-state index contributed by atoms with van der Waals surface area (Å²) >= 11 is 18.9. The van der Waals surface area contributed by atoms with Crippen LogP contribution in [0.2, 0.25) is 15.1 Å². The van der Waals surface area contributed by atoms with Crippen LogP contribution in [0.15, 0.2) is 60.3 Å². The van der Waals surface area contributed by atoms with Gasteiger partial charge in [0.05, 0.1) is 45.9 Å². The Morgan fingerprint density at radius 2 is 1.73 bits per heavy atom. The van der Waals surface area contributed by atoms with E-state index >= 15 is 4.79 Å². The first-order valence-electron chi connectivity index (χ1n) is 14.9. The summed E-state index contributed by atoms with van der Waals surface area (Å²) < 4.78 is 45.5. The topological polar surface area (TPSA) is 138 Å². The number of nitrogens with one attached hydrogen (secondary N) is 2. The van der Waals surface area contributed by atoms with Crippen molar-refractivity contribution in [3.05, 3.63) is 92.1 Å². The number of nitrogens with zero attached hydrogens (tertiary/aromatic N) is 2. The average molecular weight is 736 g/mol. The van der Waals surface area contributed by atoms with Gasteiger partial charge in [-0.25, -0.2) is 4.98 Å². The number of aromatic nitrogens is 1. The van der Waals surface area contributed by atoms with Crippen molar-refractivity contribution in [1.29, 1.82) is 0 Å². The number of hydrogen-bond donors (Lipinski definition) is 3. The Hall–Kier alpha value is -4.33. The van der Waals surface area contributed by atoms with Gasteiger partial charge in [-0.2, -0.15) is 18.2 Å². The van der Waals surface area contributed by atoms with Crippen molar-refractivity contribution >= 4 is 64.2 Å². The van der Waals surface area contributed by atoms with Gasteiger partial charge >= 0.3 is 6.18 Å². The van der Waals surface area contributed by atoms with E-state index in [0.29, 0.717) is 39.0 Å². The summed E-state index contributed by atoms with van der Waals surface area (Å²) in [6.07, 6.45) is -2.31. The number of anilines is 1. The summed E-state index contributed by atoms with van der Waals surface area (Å²) in [7, 11) is 1.31. The molecular formula is C33H24Cl3F3N4O6. The highest BCUT2D eigenvalue weighted by Gasteiger charge is 2.70. The molecule has 2 aromatic carbocycles. The van der Waals surface area contributed by atoms with Crippen molar-refractivity contribution in [2.45, 2.75) is 30.4 Å². The zero-order valence-electron chi connectivity index (χ0n) is 25.1. The third-order valence-electron chi connectivity index (χ3n) is 10.0. The van der Waals surface area contributed by atoms with Crippen LogP contribution in [-0.2, 0) is 30.8 Å². The lowest BCUT2D eigenvalue weighted by Crippen LogP contribution is -2.53. The highest BCUT2D eigenvalue weighted by atomic mass is 35.5. The Bertz CT molecular complexity index is 1990. The van der Waals surface area contributed by atoms with Crippen molar-refractivity contribution in [2.24, 2.45) is 23.7 Å². The Balaban J connectivity index is 1.46. The first kappa shape index (κ1) is 33.2. The first-order valence-corrected chi connectivity index (χ1v) is 16.1. The number of rotatable bonds is 5. The SMILES string of the molecule is COc1cc(C2C3=CCC4C(=O)NC(=O)C4C3CC3C(=O)N(Nc4ncc(C(F)(F)F)cc4Cl)C(=O)C32c2ccc(Cl)cc2)cc(Cl)c1O. The molecule has 49 heavy (non-hydrogen) atoms. The standard InChI is InChI=1S/C33H24Cl3F3N4O6/c1-49-23-9-13(8-21(35)26(23)44)25-17-6-7-18-24(29(46)41-28(18)45)19(17)11-20-30(47)43(31(48)32(20,25)14-2-4-16(34)5-3-14)42-27-22(36)10-15(12-40-27)33(37,38)39/h2-6,8-10,12,18-20,24-25,44H,7,11H2,1H3,(H,40,42)(H,41,45,46). The second kappa shape index (κ2) is 11.6. The van der Waals surface area contributed by atoms with Crippen molar-refractivity contribution in [2.75, 3.05) is 12.5 Å². The summed E-state index contributed by atoms with van der Waals surface area (Å²) in [6.45, 7) is 0. The van der Waals surface area contributed by atoms with Crippen molar-refractivity contribution < 1.29 is 42.2 Å². The number of aromatic hydroxyl groups is 1. The van der Waals surface area contributed by atoms with Gasteiger partial charge in [0.25, 0.3) is 11.8 Å². The lowest BCUT2D eigenvalue weighted by Gasteiger charge is -2.50. The fourth-order valence-electron chi connectivity index (χ4n) is 7.98. The lowest BCUT2D eigenvalue weighted by atomic mass is 9.49. The number of fused-ring (bicyclic) bond motifs is 4. The monoisotopic (exact) mass is 734 g/mol. The quantitative estimate of drug-likeness (QED) is 0.213. The molecular weight excluding hydrogens is 712 g/mol. The summed E-state index contributed by atoms with van der Waals surface area (Å²) in [5.41, 5.74) is 0.959. The zero-order valence-corrected chi connectivity index (χ0v) is 27.4. The van der Waals surface area contributed by atoms with Crippen LogP contribution in [0.5, 0.6) is 11.5 Å². The number of phenolic OH excluding ortho intramolecular Hbond substituents is 1. The number of hydrazine groups is 1. The fourth-order valence-corrected chi connectivity index (χ4v) is 8.54. The minimum Gasteiger partial charge on any atom is -0.503 e. The van der Waals surface area contributed by atoms with Crippen LogP contribution < -0.4 is 15.5 Å². The van der Waals surface area contributed by atoms with E-state index < -0.39 is 75.4 Å². The van der Waals surface area contributed by atoms with Crippen molar-refractivity contribution in [1.82, 2.24) is 15.3 Å². The van der Waals surface area contributed by atoms with E-state index in [1.54, 1.807) is 30.3 Å². The van der Waals surface area contributed by atoms with Gasteiger partial charge in [0.1, 0.15) is 0 Å². The molecule has 2 aliphatic carbocycles. The number of ether oxygens (including phenoxy) is 1. The molecule has 1 aromatic heterocycles. The number of carbonyl (C=O) groups is 4. The van der Waals surface area contributed by atoms with E-state index in [1.807, 2.05) is 0 Å². The largest absolute Gasteiger partial charge is 0.503 e. The van der Waals surface area contributed by atoms with E-state index in [0.717, 1.165) is 0 Å². The van der Waals surface area contributed by atoms with Crippen LogP contribution in [0.1, 0.15) is 35.4 Å². The van der Waals surface area contributed by atoms with Crippen LogP contribution in [0.25, 0.3) is 0 Å². The van der Waals surface area contributed by atoms with Gasteiger partial charge in [-0.1, -0.05) is 58.6 Å². The molecule has 0 bridgehead atoms. The number of imide groups is 2. The molecule has 4 amide bonds. The molecule has 10 nitrogen and oxygen atoms in total. The molecule has 3 aromatic rings. The fraction of sp³-hybridized carbons (Fsp3) is 0.303. The van der Waals surface area contributed by atoms with Crippen LogP contribution in [0, 0.1) is 23.7 Å². The number of benzene rings is 2. The lowest BCUT2D eigenvalue weighted by molar-refractivity contribution is -0.139. The molecule has 254 valence electrons. The molecule has 3 fully saturated rings. The zero-order chi connectivity index (χ0) is 35.2. The van der Waals surface area contributed by atoms with Crippen LogP contribution >= 0.6 is 34.8 Å². The molecule has 7 rings (SSSR count). The number of phenols is 1. The molecule has 6 atom stereocenters. The van der Waals surface area contributed by atoms with Crippen LogP contribution in [0.4, 0.5) is 19.0 Å². The summed E-state index contributed by atoms with van der Waals surface area (Å²) in [5, 5.41) is 13.4. The number of allylic oxidation sites excluding steroid dienone is 2. The Kier molecular flexibility index (Phi) is 7.88. The van der Waals surface area contributed by atoms with E-state index in [-0.39, 0.29) is 35.2 Å². The molecule has 4 aliphatic rings. The third kappa shape index (κ3) is 4.96. The molecule has 0 spiro atoms. The minimum atomic E-state index is -4.75. The maximum Gasteiger partial charge on any atom is 0.417 e. The van der Waals surface area contributed by atoms with Gasteiger partial charge < -0.3 is 9.84 Å². The van der Waals surface area contributed by atoms with Crippen LogP contribution in [0.3, 0.4) is 0 Å². The number of halogens is 6. The Labute approximate surface area is 291 Å².